The Labute approximate surface area is 93.9 Å². The average Bonchev–Trinajstić information content (AvgIpc) is 2.17. The highest BCUT2D eigenvalue weighted by atomic mass is 16.2. The van der Waals surface area contributed by atoms with E-state index in [-0.39, 0.29) is 17.1 Å². The molecule has 1 rings (SSSR count). The van der Waals surface area contributed by atoms with E-state index in [4.69, 9.17) is 0 Å². The minimum Gasteiger partial charge on any atom is -0.358 e. The van der Waals surface area contributed by atoms with Crippen LogP contribution in [0.4, 0.5) is 5.95 Å². The fraction of sp³-hybridized carbons (Fsp3) is 0.700. The topological polar surface area (TPSA) is 68.9 Å². The summed E-state index contributed by atoms with van der Waals surface area (Å²) >= 11 is 0. The zero-order valence-corrected chi connectivity index (χ0v) is 10.4. The van der Waals surface area contributed by atoms with Crippen LogP contribution in [-0.2, 0) is 13.6 Å². The number of nitrogens with one attached hydrogen (secondary N) is 1. The zero-order chi connectivity index (χ0) is 12.5. The summed E-state index contributed by atoms with van der Waals surface area (Å²) in [5.74, 6) is 0.278. The molecule has 0 fully saturated rings. The standard InChI is InChI=1S/C10H18N4O2/c1-10(2,3)6-14-8(15)12-7(11-4)13(5)9(14)16/h6H2,1-5H3,(H,11,12,15). The summed E-state index contributed by atoms with van der Waals surface area (Å²) in [4.78, 5) is 27.3. The van der Waals surface area contributed by atoms with Crippen molar-refractivity contribution in [1.29, 1.82) is 0 Å². The maximum absolute atomic E-state index is 11.9. The van der Waals surface area contributed by atoms with Gasteiger partial charge in [-0.1, -0.05) is 20.8 Å². The SMILES string of the molecule is CNc1nc(=O)n(CC(C)(C)C)c(=O)n1C. The van der Waals surface area contributed by atoms with E-state index < -0.39 is 5.69 Å². The fourth-order valence-corrected chi connectivity index (χ4v) is 1.41. The minimum absolute atomic E-state index is 0.140. The Balaban J connectivity index is 3.38. The van der Waals surface area contributed by atoms with Gasteiger partial charge < -0.3 is 5.32 Å². The predicted octanol–water partition coefficient (Wildman–Crippen LogP) is 0.0298. The summed E-state index contributed by atoms with van der Waals surface area (Å²) in [6, 6.07) is 0. The Bertz CT molecular complexity index is 493. The smallest absolute Gasteiger partial charge is 0.354 e. The molecule has 1 aromatic heterocycles. The van der Waals surface area contributed by atoms with Crippen LogP contribution in [0.1, 0.15) is 20.8 Å². The lowest BCUT2D eigenvalue weighted by Gasteiger charge is -2.19. The third-order valence-corrected chi connectivity index (χ3v) is 2.12. The number of hydrogen-bond acceptors (Lipinski definition) is 4. The second-order valence-electron chi connectivity index (χ2n) is 4.96. The summed E-state index contributed by atoms with van der Waals surface area (Å²) in [5.41, 5.74) is -1.000. The van der Waals surface area contributed by atoms with Gasteiger partial charge in [-0.15, -0.1) is 0 Å². The van der Waals surface area contributed by atoms with Crippen molar-refractivity contribution in [3.63, 3.8) is 0 Å². The first kappa shape index (κ1) is 12.5. The molecule has 0 amide bonds. The third-order valence-electron chi connectivity index (χ3n) is 2.12. The van der Waals surface area contributed by atoms with Crippen molar-refractivity contribution >= 4 is 5.95 Å². The van der Waals surface area contributed by atoms with Gasteiger partial charge in [0.15, 0.2) is 0 Å². The van der Waals surface area contributed by atoms with Crippen molar-refractivity contribution in [3.05, 3.63) is 21.0 Å². The third kappa shape index (κ3) is 2.50. The first-order valence-electron chi connectivity index (χ1n) is 5.12. The fourth-order valence-electron chi connectivity index (χ4n) is 1.41. The highest BCUT2D eigenvalue weighted by Crippen LogP contribution is 2.13. The van der Waals surface area contributed by atoms with E-state index in [1.54, 1.807) is 14.1 Å². The van der Waals surface area contributed by atoms with Crippen LogP contribution in [0.15, 0.2) is 9.59 Å². The van der Waals surface area contributed by atoms with E-state index in [9.17, 15) is 9.59 Å². The summed E-state index contributed by atoms with van der Waals surface area (Å²) in [7, 11) is 3.20. The van der Waals surface area contributed by atoms with Crippen molar-refractivity contribution in [2.75, 3.05) is 12.4 Å². The van der Waals surface area contributed by atoms with E-state index in [2.05, 4.69) is 10.3 Å². The zero-order valence-electron chi connectivity index (χ0n) is 10.4. The molecule has 0 aromatic carbocycles. The molecule has 0 aliphatic heterocycles. The molecular formula is C10H18N4O2. The molecule has 0 radical (unpaired) electrons. The summed E-state index contributed by atoms with van der Waals surface area (Å²) in [6.45, 7) is 6.25. The van der Waals surface area contributed by atoms with Crippen LogP contribution in [-0.4, -0.2) is 21.2 Å². The Morgan fingerprint density at radius 1 is 1.31 bits per heavy atom. The van der Waals surface area contributed by atoms with Gasteiger partial charge in [-0.3, -0.25) is 4.57 Å². The Hall–Kier alpha value is -1.59. The molecule has 90 valence electrons. The van der Waals surface area contributed by atoms with Gasteiger partial charge in [-0.25, -0.2) is 14.2 Å². The number of aromatic nitrogens is 3. The van der Waals surface area contributed by atoms with Gasteiger partial charge in [-0.2, -0.15) is 4.98 Å². The molecule has 0 saturated carbocycles. The molecule has 6 nitrogen and oxygen atoms in total. The molecular weight excluding hydrogens is 208 g/mol. The van der Waals surface area contributed by atoms with Crippen molar-refractivity contribution < 1.29 is 0 Å². The molecule has 0 saturated heterocycles. The molecule has 0 atom stereocenters. The van der Waals surface area contributed by atoms with Gasteiger partial charge >= 0.3 is 11.4 Å². The predicted molar refractivity (Wildman–Crippen MR) is 62.7 cm³/mol. The monoisotopic (exact) mass is 226 g/mol. The average molecular weight is 226 g/mol. The lowest BCUT2D eigenvalue weighted by molar-refractivity contribution is 0.323. The van der Waals surface area contributed by atoms with Crippen LogP contribution in [0.5, 0.6) is 0 Å². The molecule has 16 heavy (non-hydrogen) atoms. The highest BCUT2D eigenvalue weighted by molar-refractivity contribution is 5.21. The van der Waals surface area contributed by atoms with Gasteiger partial charge in [0.2, 0.25) is 5.95 Å². The Morgan fingerprint density at radius 3 is 2.31 bits per heavy atom. The maximum Gasteiger partial charge on any atom is 0.354 e. The van der Waals surface area contributed by atoms with Crippen LogP contribution in [0.2, 0.25) is 0 Å². The van der Waals surface area contributed by atoms with Crippen molar-refractivity contribution in [1.82, 2.24) is 14.1 Å². The first-order chi connectivity index (χ1) is 7.26. The lowest BCUT2D eigenvalue weighted by atomic mass is 9.97. The van der Waals surface area contributed by atoms with E-state index in [0.29, 0.717) is 6.54 Å². The summed E-state index contributed by atoms with van der Waals surface area (Å²) < 4.78 is 2.48. The second kappa shape index (κ2) is 4.11. The molecule has 0 spiro atoms. The Kier molecular flexibility index (Phi) is 3.21. The van der Waals surface area contributed by atoms with Crippen LogP contribution in [0, 0.1) is 5.41 Å². The normalized spacial score (nSPS) is 11.6. The van der Waals surface area contributed by atoms with Crippen LogP contribution < -0.4 is 16.7 Å². The minimum atomic E-state index is -0.512. The van der Waals surface area contributed by atoms with E-state index in [0.717, 1.165) is 4.57 Å². The van der Waals surface area contributed by atoms with Gasteiger partial charge in [0.25, 0.3) is 0 Å². The maximum atomic E-state index is 11.9. The van der Waals surface area contributed by atoms with Crippen LogP contribution >= 0.6 is 0 Å². The van der Waals surface area contributed by atoms with E-state index in [1.807, 2.05) is 20.8 Å². The molecule has 0 aliphatic carbocycles. The molecule has 1 N–H and O–H groups in total. The largest absolute Gasteiger partial charge is 0.358 e. The first-order valence-corrected chi connectivity index (χ1v) is 5.12. The van der Waals surface area contributed by atoms with E-state index >= 15 is 0 Å². The van der Waals surface area contributed by atoms with Crippen LogP contribution in [0.3, 0.4) is 0 Å². The summed E-state index contributed by atoms with van der Waals surface area (Å²) in [5, 5.41) is 2.71. The van der Waals surface area contributed by atoms with Crippen LogP contribution in [0.25, 0.3) is 0 Å². The molecule has 6 heteroatoms. The van der Waals surface area contributed by atoms with Crippen molar-refractivity contribution in [3.8, 4) is 0 Å². The van der Waals surface area contributed by atoms with Crippen molar-refractivity contribution in [2.45, 2.75) is 27.3 Å². The molecule has 1 aromatic rings. The Morgan fingerprint density at radius 2 is 1.88 bits per heavy atom. The van der Waals surface area contributed by atoms with Gasteiger partial charge in [0, 0.05) is 20.6 Å². The lowest BCUT2D eigenvalue weighted by Crippen LogP contribution is -2.43. The highest BCUT2D eigenvalue weighted by Gasteiger charge is 2.16. The number of anilines is 1. The summed E-state index contributed by atoms with van der Waals surface area (Å²) in [6.07, 6.45) is 0. The van der Waals surface area contributed by atoms with Gasteiger partial charge in [-0.05, 0) is 5.41 Å². The molecule has 0 unspecified atom stereocenters. The van der Waals surface area contributed by atoms with Gasteiger partial charge in [0.05, 0.1) is 0 Å². The van der Waals surface area contributed by atoms with E-state index in [1.165, 1.54) is 4.57 Å². The number of nitrogens with zero attached hydrogens (tertiary/aromatic N) is 3. The van der Waals surface area contributed by atoms with Crippen molar-refractivity contribution in [2.24, 2.45) is 12.5 Å². The second-order valence-corrected chi connectivity index (χ2v) is 4.96. The quantitative estimate of drug-likeness (QED) is 0.772. The van der Waals surface area contributed by atoms with Gasteiger partial charge in [0.1, 0.15) is 0 Å². The number of rotatable bonds is 2. The molecule has 0 bridgehead atoms. The molecule has 0 aliphatic rings. The molecule has 1 heterocycles. The number of hydrogen-bond donors (Lipinski definition) is 1.